The van der Waals surface area contributed by atoms with Crippen LogP contribution in [0.3, 0.4) is 0 Å². The molecule has 34 heavy (non-hydrogen) atoms. The lowest BCUT2D eigenvalue weighted by molar-refractivity contribution is 0.196. The summed E-state index contributed by atoms with van der Waals surface area (Å²) in [5.41, 5.74) is 1.79. The Morgan fingerprint density at radius 2 is 1.68 bits per heavy atom. The van der Waals surface area contributed by atoms with E-state index in [0.29, 0.717) is 31.0 Å². The molecule has 3 rings (SSSR count). The van der Waals surface area contributed by atoms with Gasteiger partial charge in [-0.15, -0.1) is 0 Å². The normalized spacial score (nSPS) is 21.2. The third kappa shape index (κ3) is 5.70. The summed E-state index contributed by atoms with van der Waals surface area (Å²) in [7, 11) is -2.26. The average molecular weight is 507 g/mol. The smallest absolute Gasteiger partial charge is 0.243 e. The summed E-state index contributed by atoms with van der Waals surface area (Å²) in [5.74, 6) is 0.593. The van der Waals surface area contributed by atoms with Gasteiger partial charge in [0, 0.05) is 6.54 Å². The van der Waals surface area contributed by atoms with Crippen LogP contribution in [0.4, 0.5) is 0 Å². The quantitative estimate of drug-likeness (QED) is 0.420. The van der Waals surface area contributed by atoms with Crippen LogP contribution in [0.1, 0.15) is 50.8 Å². The molecule has 0 saturated carbocycles. The number of rotatable bonds is 6. The Bertz CT molecular complexity index is 1140. The van der Waals surface area contributed by atoms with Crippen molar-refractivity contribution in [1.82, 2.24) is 4.31 Å². The summed E-state index contributed by atoms with van der Waals surface area (Å²) >= 11 is 0. The number of ether oxygens (including phenoxy) is 2. The fraction of sp³-hybridized carbons (Fsp3) is 0.480. The van der Waals surface area contributed by atoms with Crippen LogP contribution in [0.25, 0.3) is 0 Å². The summed E-state index contributed by atoms with van der Waals surface area (Å²) in [6.07, 6.45) is 1.29. The van der Waals surface area contributed by atoms with Crippen molar-refractivity contribution in [2.45, 2.75) is 56.2 Å². The Morgan fingerprint density at radius 1 is 1.06 bits per heavy atom. The minimum Gasteiger partial charge on any atom is -0.497 e. The highest BCUT2D eigenvalue weighted by Gasteiger charge is 2.43. The number of hydrogen-bond donors (Lipinski definition) is 0. The van der Waals surface area contributed by atoms with E-state index in [0.717, 1.165) is 11.1 Å². The number of sulfonamides is 1. The lowest BCUT2D eigenvalue weighted by atomic mass is 9.86. The first-order valence-corrected chi connectivity index (χ1v) is 13.8. The second-order valence-electron chi connectivity index (χ2n) is 9.39. The molecule has 0 bridgehead atoms. The zero-order valence-electron chi connectivity index (χ0n) is 20.6. The van der Waals surface area contributed by atoms with Gasteiger partial charge in [-0.2, -0.15) is 8.70 Å². The van der Waals surface area contributed by atoms with Crippen molar-refractivity contribution in [2.75, 3.05) is 20.8 Å². The number of methoxy groups -OCH3 is 2. The minimum atomic E-state index is -3.81. The van der Waals surface area contributed by atoms with Crippen LogP contribution in [0.2, 0.25) is 0 Å². The highest BCUT2D eigenvalue weighted by molar-refractivity contribution is 7.89. The van der Waals surface area contributed by atoms with Crippen LogP contribution < -0.4 is 4.74 Å². The summed E-state index contributed by atoms with van der Waals surface area (Å²) < 4.78 is 56.8. The molecule has 1 heterocycles. The average Bonchev–Trinajstić information content (AvgIpc) is 2.81. The van der Waals surface area contributed by atoms with Crippen molar-refractivity contribution < 1.29 is 22.1 Å². The Balaban J connectivity index is 2.14. The molecule has 1 fully saturated rings. The van der Waals surface area contributed by atoms with Crippen molar-refractivity contribution in [1.29, 1.82) is 0 Å². The largest absolute Gasteiger partial charge is 0.497 e. The fourth-order valence-electron chi connectivity index (χ4n) is 4.01. The predicted molar refractivity (Wildman–Crippen MR) is 136 cm³/mol. The van der Waals surface area contributed by atoms with Crippen molar-refractivity contribution in [2.24, 2.45) is 10.3 Å². The number of nitrogens with zero attached hydrogens (tertiary/aromatic N) is 2. The van der Waals surface area contributed by atoms with E-state index >= 15 is 0 Å². The standard InChI is InChI=1S/C25H34N2O5S2/c1-18-9-15-21(16-10-18)34(29,30)27-17-7-8-22(24(32-6)26-33(28)25(2,3)4)23(27)19-11-13-20(31-5)14-12-19/h9-16,22-23H,7-8,17H2,1-6H3/b26-24-/t22-,23-,33?/m1/s1. The maximum atomic E-state index is 13.8. The first kappa shape index (κ1) is 26.4. The lowest BCUT2D eigenvalue weighted by Crippen LogP contribution is -2.45. The van der Waals surface area contributed by atoms with Crippen molar-refractivity contribution in [3.8, 4) is 5.75 Å². The first-order valence-electron chi connectivity index (χ1n) is 11.3. The van der Waals surface area contributed by atoms with E-state index in [1.54, 1.807) is 31.4 Å². The summed E-state index contributed by atoms with van der Waals surface area (Å²) in [4.78, 5) is 0.242. The van der Waals surface area contributed by atoms with Gasteiger partial charge in [-0.1, -0.05) is 29.8 Å². The Labute approximate surface area is 205 Å². The zero-order valence-corrected chi connectivity index (χ0v) is 22.3. The molecule has 1 aliphatic rings. The predicted octanol–water partition coefficient (Wildman–Crippen LogP) is 4.65. The zero-order chi connectivity index (χ0) is 25.1. The van der Waals surface area contributed by atoms with Crippen LogP contribution in [-0.4, -0.2) is 48.3 Å². The van der Waals surface area contributed by atoms with Crippen LogP contribution in [-0.2, 0) is 25.7 Å². The van der Waals surface area contributed by atoms with E-state index in [1.807, 2.05) is 52.0 Å². The van der Waals surface area contributed by atoms with Crippen LogP contribution in [0.15, 0.2) is 57.8 Å². The molecule has 9 heteroatoms. The van der Waals surface area contributed by atoms with Gasteiger partial charge in [-0.25, -0.2) is 12.6 Å². The molecule has 0 radical (unpaired) electrons. The van der Waals surface area contributed by atoms with E-state index < -0.39 is 37.7 Å². The van der Waals surface area contributed by atoms with E-state index in [9.17, 15) is 12.6 Å². The third-order valence-corrected chi connectivity index (χ3v) is 9.18. The van der Waals surface area contributed by atoms with Gasteiger partial charge in [0.05, 0.1) is 35.8 Å². The molecular weight excluding hydrogens is 472 g/mol. The van der Waals surface area contributed by atoms with Crippen molar-refractivity contribution in [3.63, 3.8) is 0 Å². The van der Waals surface area contributed by atoms with Crippen molar-refractivity contribution >= 4 is 26.9 Å². The van der Waals surface area contributed by atoms with Gasteiger partial charge >= 0.3 is 0 Å². The minimum absolute atomic E-state index is 0.242. The molecule has 0 spiro atoms. The van der Waals surface area contributed by atoms with Gasteiger partial charge < -0.3 is 9.47 Å². The molecule has 1 saturated heterocycles. The Morgan fingerprint density at radius 3 is 2.21 bits per heavy atom. The molecule has 1 aliphatic heterocycles. The first-order chi connectivity index (χ1) is 16.0. The molecule has 2 aromatic carbocycles. The topological polar surface area (TPSA) is 85.3 Å². The van der Waals surface area contributed by atoms with E-state index in [4.69, 9.17) is 9.47 Å². The molecule has 0 aromatic heterocycles. The summed E-state index contributed by atoms with van der Waals surface area (Å²) in [5, 5.41) is 0. The highest BCUT2D eigenvalue weighted by Crippen LogP contribution is 2.41. The molecule has 0 aliphatic carbocycles. The molecule has 186 valence electrons. The number of hydrogen-bond acceptors (Lipinski definition) is 5. The van der Waals surface area contributed by atoms with E-state index in [-0.39, 0.29) is 4.90 Å². The van der Waals surface area contributed by atoms with Gasteiger partial charge in [0.25, 0.3) is 0 Å². The molecule has 2 aromatic rings. The number of piperidine rings is 1. The highest BCUT2D eigenvalue weighted by atomic mass is 32.2. The molecule has 7 nitrogen and oxygen atoms in total. The van der Waals surface area contributed by atoms with Gasteiger partial charge in [-0.3, -0.25) is 0 Å². The van der Waals surface area contributed by atoms with E-state index in [2.05, 4.69) is 4.40 Å². The van der Waals surface area contributed by atoms with Gasteiger partial charge in [0.1, 0.15) is 16.7 Å². The summed E-state index contributed by atoms with van der Waals surface area (Å²) in [6.45, 7) is 7.81. The number of aryl methyl sites for hydroxylation is 1. The number of benzene rings is 2. The third-order valence-electron chi connectivity index (χ3n) is 5.89. The van der Waals surface area contributed by atoms with Crippen LogP contribution in [0, 0.1) is 12.8 Å². The monoisotopic (exact) mass is 506 g/mol. The Hall–Kier alpha value is -2.23. The van der Waals surface area contributed by atoms with Gasteiger partial charge in [-0.05, 0) is 70.4 Å². The maximum absolute atomic E-state index is 13.8. The fourth-order valence-corrected chi connectivity index (χ4v) is 6.35. The molecule has 1 unspecified atom stereocenters. The van der Waals surface area contributed by atoms with Crippen LogP contribution in [0.5, 0.6) is 5.75 Å². The molecule has 0 amide bonds. The molecule has 3 atom stereocenters. The maximum Gasteiger partial charge on any atom is 0.243 e. The molecular formula is C25H34N2O5S2. The summed E-state index contributed by atoms with van der Waals surface area (Å²) in [6, 6.07) is 13.7. The lowest BCUT2D eigenvalue weighted by Gasteiger charge is -2.40. The van der Waals surface area contributed by atoms with Crippen LogP contribution >= 0.6 is 0 Å². The van der Waals surface area contributed by atoms with Gasteiger partial charge in [0.15, 0.2) is 0 Å². The SMILES string of the molecule is CO/C(=N\S(=O)C(C)(C)C)[C@@H]1CCCN(S(=O)(=O)c2ccc(C)cc2)[C@@H]1c1ccc(OC)cc1. The van der Waals surface area contributed by atoms with Gasteiger partial charge in [0.2, 0.25) is 15.9 Å². The Kier molecular flexibility index (Phi) is 8.21. The second-order valence-corrected chi connectivity index (χ2v) is 13.2. The second kappa shape index (κ2) is 10.6. The van der Waals surface area contributed by atoms with Crippen molar-refractivity contribution in [3.05, 3.63) is 59.7 Å². The van der Waals surface area contributed by atoms with E-state index in [1.165, 1.54) is 11.4 Å². The molecule has 0 N–H and O–H groups in total.